The van der Waals surface area contributed by atoms with Crippen LogP contribution in [-0.4, -0.2) is 26.3 Å². The monoisotopic (exact) mass is 414 g/mol. The van der Waals surface area contributed by atoms with E-state index in [1.54, 1.807) is 26.1 Å². The van der Waals surface area contributed by atoms with Crippen LogP contribution in [0.5, 0.6) is 0 Å². The Bertz CT molecular complexity index is 869. The molecule has 128 valence electrons. The van der Waals surface area contributed by atoms with Crippen molar-refractivity contribution in [1.29, 1.82) is 0 Å². The largest absolute Gasteiger partial charge is 0.335 e. The van der Waals surface area contributed by atoms with Crippen LogP contribution in [0.2, 0.25) is 0 Å². The maximum Gasteiger partial charge on any atom is 0.257 e. The van der Waals surface area contributed by atoms with Crippen LogP contribution >= 0.6 is 15.9 Å². The van der Waals surface area contributed by atoms with Gasteiger partial charge in [-0.2, -0.15) is 0 Å². The lowest BCUT2D eigenvalue weighted by Crippen LogP contribution is -2.30. The number of nitrogens with two attached hydrogens (primary N) is 1. The van der Waals surface area contributed by atoms with E-state index in [1.165, 1.54) is 35.2 Å². The number of halogens is 2. The normalized spacial score (nSPS) is 12.7. The average molecular weight is 415 g/mol. The summed E-state index contributed by atoms with van der Waals surface area (Å²) in [6, 6.07) is 9.67. The van der Waals surface area contributed by atoms with E-state index in [1.807, 2.05) is 0 Å². The Morgan fingerprint density at radius 3 is 2.33 bits per heavy atom. The van der Waals surface area contributed by atoms with Crippen LogP contribution < -0.4 is 5.14 Å². The van der Waals surface area contributed by atoms with E-state index in [4.69, 9.17) is 5.14 Å². The highest BCUT2D eigenvalue weighted by Crippen LogP contribution is 2.24. The number of primary sulfonamides is 1. The van der Waals surface area contributed by atoms with Crippen molar-refractivity contribution in [1.82, 2.24) is 4.90 Å². The zero-order chi connectivity index (χ0) is 18.1. The van der Waals surface area contributed by atoms with Crippen LogP contribution in [-0.2, 0) is 10.0 Å². The van der Waals surface area contributed by atoms with Crippen molar-refractivity contribution < 1.29 is 17.6 Å². The van der Waals surface area contributed by atoms with E-state index in [0.717, 1.165) is 0 Å². The van der Waals surface area contributed by atoms with Gasteiger partial charge < -0.3 is 4.90 Å². The summed E-state index contributed by atoms with van der Waals surface area (Å²) in [5, 5.41) is 5.06. The number of carbonyl (C=O) groups excluding carboxylic acids is 1. The van der Waals surface area contributed by atoms with Gasteiger partial charge in [-0.25, -0.2) is 17.9 Å². The van der Waals surface area contributed by atoms with Crippen molar-refractivity contribution in [3.63, 3.8) is 0 Å². The van der Waals surface area contributed by atoms with Gasteiger partial charge in [0.1, 0.15) is 5.82 Å². The first kappa shape index (κ1) is 18.6. The molecule has 2 aromatic carbocycles. The lowest BCUT2D eigenvalue weighted by Gasteiger charge is -2.26. The summed E-state index contributed by atoms with van der Waals surface area (Å²) in [6.45, 7) is 1.76. The van der Waals surface area contributed by atoms with Crippen LogP contribution in [0.15, 0.2) is 51.8 Å². The fourth-order valence-corrected chi connectivity index (χ4v) is 3.06. The molecule has 2 rings (SSSR count). The van der Waals surface area contributed by atoms with Gasteiger partial charge in [0.05, 0.1) is 16.5 Å². The molecule has 2 N–H and O–H groups in total. The lowest BCUT2D eigenvalue weighted by atomic mass is 10.1. The van der Waals surface area contributed by atoms with Gasteiger partial charge in [-0.15, -0.1) is 0 Å². The topological polar surface area (TPSA) is 80.5 Å². The van der Waals surface area contributed by atoms with E-state index in [-0.39, 0.29) is 16.5 Å². The molecular weight excluding hydrogens is 399 g/mol. The van der Waals surface area contributed by atoms with Gasteiger partial charge in [0.15, 0.2) is 0 Å². The minimum Gasteiger partial charge on any atom is -0.335 e. The molecule has 24 heavy (non-hydrogen) atoms. The first-order valence-corrected chi connectivity index (χ1v) is 9.30. The van der Waals surface area contributed by atoms with Gasteiger partial charge in [0.25, 0.3) is 5.91 Å². The van der Waals surface area contributed by atoms with Crippen molar-refractivity contribution in [3.8, 4) is 0 Å². The number of rotatable bonds is 4. The van der Waals surface area contributed by atoms with Gasteiger partial charge >= 0.3 is 0 Å². The molecule has 0 radical (unpaired) electrons. The second kappa shape index (κ2) is 7.00. The third-order valence-corrected chi connectivity index (χ3v) is 5.17. The molecule has 8 heteroatoms. The van der Waals surface area contributed by atoms with Crippen molar-refractivity contribution in [2.75, 3.05) is 7.05 Å². The molecule has 0 aromatic heterocycles. The number of benzene rings is 2. The number of nitrogens with zero attached hydrogens (tertiary/aromatic N) is 1. The van der Waals surface area contributed by atoms with Crippen LogP contribution in [0.4, 0.5) is 4.39 Å². The molecule has 1 amide bonds. The fraction of sp³-hybridized carbons (Fsp3) is 0.188. The third kappa shape index (κ3) is 4.00. The van der Waals surface area contributed by atoms with Crippen molar-refractivity contribution in [2.45, 2.75) is 17.9 Å². The molecule has 2 aromatic rings. The summed E-state index contributed by atoms with van der Waals surface area (Å²) in [5.41, 5.74) is 0.661. The molecule has 1 atom stereocenters. The minimum absolute atomic E-state index is 0.00883. The summed E-state index contributed by atoms with van der Waals surface area (Å²) in [5.74, 6) is -1.08. The molecule has 0 aliphatic carbocycles. The van der Waals surface area contributed by atoms with Crippen LogP contribution in [0, 0.1) is 5.82 Å². The number of sulfonamides is 1. The predicted octanol–water partition coefficient (Wildman–Crippen LogP) is 3.07. The third-order valence-electron chi connectivity index (χ3n) is 3.75. The molecule has 0 spiro atoms. The number of carbonyl (C=O) groups is 1. The fourth-order valence-electron chi connectivity index (χ4n) is 2.19. The zero-order valence-corrected chi connectivity index (χ0v) is 15.4. The molecule has 0 heterocycles. The molecular formula is C16H16BrFN2O3S. The first-order valence-electron chi connectivity index (χ1n) is 6.96. The highest BCUT2D eigenvalue weighted by molar-refractivity contribution is 9.10. The Morgan fingerprint density at radius 1 is 1.21 bits per heavy atom. The summed E-state index contributed by atoms with van der Waals surface area (Å²) < 4.78 is 37.0. The molecule has 0 aliphatic heterocycles. The molecule has 5 nitrogen and oxygen atoms in total. The van der Waals surface area contributed by atoms with Crippen molar-refractivity contribution in [3.05, 3.63) is 63.9 Å². The Balaban J connectivity index is 2.27. The van der Waals surface area contributed by atoms with Gasteiger partial charge in [0.2, 0.25) is 10.0 Å². The number of hydrogen-bond donors (Lipinski definition) is 1. The summed E-state index contributed by atoms with van der Waals surface area (Å²) in [7, 11) is -2.21. The lowest BCUT2D eigenvalue weighted by molar-refractivity contribution is 0.0737. The quantitative estimate of drug-likeness (QED) is 0.834. The van der Waals surface area contributed by atoms with Gasteiger partial charge in [0, 0.05) is 11.5 Å². The second-order valence-corrected chi connectivity index (χ2v) is 7.81. The van der Waals surface area contributed by atoms with Crippen molar-refractivity contribution in [2.24, 2.45) is 5.14 Å². The minimum atomic E-state index is -3.77. The highest BCUT2D eigenvalue weighted by atomic mass is 79.9. The van der Waals surface area contributed by atoms with Crippen molar-refractivity contribution >= 4 is 31.9 Å². The summed E-state index contributed by atoms with van der Waals surface area (Å²) in [6.07, 6.45) is 0. The SMILES string of the molecule is CC(c1ccc(S(N)(=O)=O)cc1)N(C)C(=O)c1cc(Br)ccc1F. The molecule has 0 bridgehead atoms. The smallest absolute Gasteiger partial charge is 0.257 e. The molecule has 0 fully saturated rings. The first-order chi connectivity index (χ1) is 11.1. The number of amides is 1. The molecule has 0 saturated carbocycles. The molecule has 0 saturated heterocycles. The summed E-state index contributed by atoms with van der Waals surface area (Å²) in [4.78, 5) is 13.9. The van der Waals surface area contributed by atoms with Crippen LogP contribution in [0.1, 0.15) is 28.9 Å². The van der Waals surface area contributed by atoms with E-state index in [0.29, 0.717) is 10.0 Å². The predicted molar refractivity (Wildman–Crippen MR) is 92.4 cm³/mol. The van der Waals surface area contributed by atoms with E-state index in [9.17, 15) is 17.6 Å². The Hall–Kier alpha value is -1.77. The van der Waals surface area contributed by atoms with Gasteiger partial charge in [-0.3, -0.25) is 4.79 Å². The standard InChI is InChI=1S/C16H16BrFN2O3S/c1-10(11-3-6-13(7-4-11)24(19,22)23)20(2)16(21)14-9-12(17)5-8-15(14)18/h3-10H,1-2H3,(H2,19,22,23). The van der Waals surface area contributed by atoms with Gasteiger partial charge in [-0.05, 0) is 42.8 Å². The van der Waals surface area contributed by atoms with Crippen LogP contribution in [0.3, 0.4) is 0 Å². The maximum absolute atomic E-state index is 13.9. The highest BCUT2D eigenvalue weighted by Gasteiger charge is 2.22. The van der Waals surface area contributed by atoms with Gasteiger partial charge in [-0.1, -0.05) is 28.1 Å². The van der Waals surface area contributed by atoms with E-state index < -0.39 is 21.7 Å². The number of hydrogen-bond acceptors (Lipinski definition) is 3. The average Bonchev–Trinajstić information content (AvgIpc) is 2.54. The molecule has 0 aliphatic rings. The Kier molecular flexibility index (Phi) is 5.42. The zero-order valence-electron chi connectivity index (χ0n) is 13.0. The second-order valence-electron chi connectivity index (χ2n) is 5.33. The summed E-state index contributed by atoms with van der Waals surface area (Å²) >= 11 is 3.22. The Morgan fingerprint density at radius 2 is 1.79 bits per heavy atom. The molecule has 1 unspecified atom stereocenters. The van der Waals surface area contributed by atoms with Crippen LogP contribution in [0.25, 0.3) is 0 Å². The Labute approximate surface area is 148 Å². The van der Waals surface area contributed by atoms with E-state index >= 15 is 0 Å². The maximum atomic E-state index is 13.9. The van der Waals surface area contributed by atoms with E-state index in [2.05, 4.69) is 15.9 Å².